The van der Waals surface area contributed by atoms with Crippen LogP contribution in [-0.4, -0.2) is 32.9 Å². The molecule has 0 bridgehead atoms. The first kappa shape index (κ1) is 24.7. The van der Waals surface area contributed by atoms with Crippen molar-refractivity contribution in [3.05, 3.63) is 48.8 Å². The van der Waals surface area contributed by atoms with Gasteiger partial charge in [0.15, 0.2) is 0 Å². The molecule has 0 aliphatic heterocycles. The monoisotopic (exact) mass is 357 g/mol. The van der Waals surface area contributed by atoms with E-state index in [-0.39, 0.29) is 28.0 Å². The van der Waals surface area contributed by atoms with Crippen molar-refractivity contribution in [3.63, 3.8) is 0 Å². The summed E-state index contributed by atoms with van der Waals surface area (Å²) in [5.41, 5.74) is 1.83. The van der Waals surface area contributed by atoms with E-state index in [0.717, 1.165) is 11.4 Å². The largest absolute Gasteiger partial charge is 2.00 e. The summed E-state index contributed by atoms with van der Waals surface area (Å²) in [6.07, 6.45) is 2.51. The van der Waals surface area contributed by atoms with Crippen LogP contribution in [0.4, 0.5) is 0 Å². The van der Waals surface area contributed by atoms with E-state index in [9.17, 15) is 19.8 Å². The molecular formula is C13H14CuN2O6. The van der Waals surface area contributed by atoms with Gasteiger partial charge in [0.1, 0.15) is 0 Å². The number of pyridine rings is 2. The van der Waals surface area contributed by atoms with E-state index >= 15 is 0 Å². The summed E-state index contributed by atoms with van der Waals surface area (Å²) in [5.74, 6) is -3.25. The average Bonchev–Trinajstić information content (AvgIpc) is 2.40. The van der Waals surface area contributed by atoms with Gasteiger partial charge in [-0.25, -0.2) is 0 Å². The molecule has 0 aromatic carbocycles. The van der Waals surface area contributed by atoms with Gasteiger partial charge in [0, 0.05) is 30.8 Å². The number of carboxylic acid groups (broad SMARTS) is 2. The van der Waals surface area contributed by atoms with E-state index in [1.54, 1.807) is 12.4 Å². The van der Waals surface area contributed by atoms with Crippen molar-refractivity contribution < 1.29 is 47.8 Å². The molecule has 2 aromatic heterocycles. The summed E-state index contributed by atoms with van der Waals surface area (Å²) in [6, 6.07) is 11.6. The van der Waals surface area contributed by atoms with Gasteiger partial charge >= 0.3 is 17.1 Å². The van der Waals surface area contributed by atoms with Gasteiger partial charge in [-0.2, -0.15) is 0 Å². The minimum atomic E-state index is -1.63. The van der Waals surface area contributed by atoms with Crippen LogP contribution in [0.15, 0.2) is 48.8 Å². The molecule has 4 N–H and O–H groups in total. The van der Waals surface area contributed by atoms with Gasteiger partial charge in [0.2, 0.25) is 0 Å². The molecule has 2 heterocycles. The number of rotatable bonds is 3. The fourth-order valence-electron chi connectivity index (χ4n) is 1.15. The summed E-state index contributed by atoms with van der Waals surface area (Å²) in [6.45, 7) is 0. The van der Waals surface area contributed by atoms with Gasteiger partial charge in [-0.05, 0) is 24.3 Å². The third-order valence-corrected chi connectivity index (χ3v) is 1.88. The second kappa shape index (κ2) is 13.7. The van der Waals surface area contributed by atoms with Gasteiger partial charge in [0.05, 0.1) is 11.4 Å². The van der Waals surface area contributed by atoms with E-state index in [4.69, 9.17) is 0 Å². The minimum absolute atomic E-state index is 0. The Morgan fingerprint density at radius 1 is 0.818 bits per heavy atom. The Balaban J connectivity index is -0.000000323. The summed E-state index contributed by atoms with van der Waals surface area (Å²) in [5, 5.41) is 18.6. The zero-order valence-corrected chi connectivity index (χ0v) is 12.1. The first-order valence-corrected chi connectivity index (χ1v) is 5.31. The maximum Gasteiger partial charge on any atom is 2.00 e. The molecule has 2 aromatic rings. The smallest absolute Gasteiger partial charge is 0.550 e. The maximum absolute atomic E-state index is 9.28. The molecular weight excluding hydrogens is 344 g/mol. The zero-order valence-electron chi connectivity index (χ0n) is 11.2. The molecule has 123 valence electrons. The standard InChI is InChI=1S/C10H8N2.C3H4O4.Cu.2H2O/c1-3-7-11-9(5-1)10-6-2-4-8-12-10;4-2(5)1-3(6)7;;;/h1-8H;1H2,(H,4,5)(H,6,7);;2*1H2/q;;+2;;/p-2. The molecule has 1 radical (unpaired) electrons. The summed E-state index contributed by atoms with van der Waals surface area (Å²) < 4.78 is 0. The Bertz CT molecular complexity index is 489. The molecule has 0 unspecified atom stereocenters. The number of aliphatic carboxylic acids is 2. The third-order valence-electron chi connectivity index (χ3n) is 1.88. The van der Waals surface area contributed by atoms with Crippen molar-refractivity contribution in [2.45, 2.75) is 6.42 Å². The van der Waals surface area contributed by atoms with Crippen LogP contribution < -0.4 is 10.2 Å². The number of carbonyl (C=O) groups is 2. The molecule has 9 heteroatoms. The summed E-state index contributed by atoms with van der Waals surface area (Å²) in [4.78, 5) is 26.9. The van der Waals surface area contributed by atoms with Crippen LogP contribution in [0.3, 0.4) is 0 Å². The fraction of sp³-hybridized carbons (Fsp3) is 0.0769. The quantitative estimate of drug-likeness (QED) is 0.429. The van der Waals surface area contributed by atoms with E-state index in [1.807, 2.05) is 36.4 Å². The van der Waals surface area contributed by atoms with Gasteiger partial charge in [-0.1, -0.05) is 12.1 Å². The Hall–Kier alpha value is -2.32. The van der Waals surface area contributed by atoms with E-state index in [2.05, 4.69) is 9.97 Å². The molecule has 0 fully saturated rings. The van der Waals surface area contributed by atoms with Crippen molar-refractivity contribution in [1.29, 1.82) is 0 Å². The molecule has 0 amide bonds. The molecule has 0 aliphatic carbocycles. The first-order chi connectivity index (χ1) is 9.09. The molecule has 2 rings (SSSR count). The second-order valence-corrected chi connectivity index (χ2v) is 3.35. The predicted octanol–water partition coefficient (Wildman–Crippen LogP) is -2.63. The topological polar surface area (TPSA) is 169 Å². The van der Waals surface area contributed by atoms with Gasteiger partial charge in [0.25, 0.3) is 0 Å². The Morgan fingerprint density at radius 3 is 1.36 bits per heavy atom. The van der Waals surface area contributed by atoms with Crippen LogP contribution >= 0.6 is 0 Å². The Morgan fingerprint density at radius 2 is 1.18 bits per heavy atom. The number of nitrogens with zero attached hydrogens (tertiary/aromatic N) is 2. The van der Waals surface area contributed by atoms with Crippen molar-refractivity contribution >= 4 is 11.9 Å². The molecule has 22 heavy (non-hydrogen) atoms. The average molecular weight is 358 g/mol. The number of carbonyl (C=O) groups excluding carboxylic acids is 2. The van der Waals surface area contributed by atoms with E-state index in [1.165, 1.54) is 0 Å². The number of hydrogen-bond acceptors (Lipinski definition) is 6. The zero-order chi connectivity index (χ0) is 14.1. The summed E-state index contributed by atoms with van der Waals surface area (Å²) in [7, 11) is 0. The molecule has 8 nitrogen and oxygen atoms in total. The van der Waals surface area contributed by atoms with Gasteiger partial charge < -0.3 is 30.8 Å². The predicted molar refractivity (Wildman–Crippen MR) is 69.3 cm³/mol. The number of carboxylic acids is 2. The van der Waals surface area contributed by atoms with Gasteiger partial charge in [-0.3, -0.25) is 9.97 Å². The van der Waals surface area contributed by atoms with Crippen LogP contribution in [0.25, 0.3) is 11.4 Å². The SMILES string of the molecule is O.O.O=C([O-])CC(=O)[O-].[Cu+2].c1ccc(-c2ccccn2)nc1. The van der Waals surface area contributed by atoms with Crippen LogP contribution in [0, 0.1) is 0 Å². The second-order valence-electron chi connectivity index (χ2n) is 3.35. The van der Waals surface area contributed by atoms with Crippen LogP contribution in [-0.2, 0) is 26.7 Å². The minimum Gasteiger partial charge on any atom is -0.550 e. The normalized spacial score (nSPS) is 7.82. The Kier molecular flexibility index (Phi) is 15.3. The van der Waals surface area contributed by atoms with Crippen molar-refractivity contribution in [3.8, 4) is 11.4 Å². The van der Waals surface area contributed by atoms with E-state index in [0.29, 0.717) is 0 Å². The molecule has 0 atom stereocenters. The molecule has 0 aliphatic rings. The van der Waals surface area contributed by atoms with Crippen LogP contribution in [0.1, 0.15) is 6.42 Å². The van der Waals surface area contributed by atoms with Crippen LogP contribution in [0.5, 0.6) is 0 Å². The van der Waals surface area contributed by atoms with E-state index < -0.39 is 18.4 Å². The summed E-state index contributed by atoms with van der Waals surface area (Å²) >= 11 is 0. The van der Waals surface area contributed by atoms with Crippen LogP contribution in [0.2, 0.25) is 0 Å². The van der Waals surface area contributed by atoms with Gasteiger partial charge in [-0.15, -0.1) is 0 Å². The van der Waals surface area contributed by atoms with Crippen molar-refractivity contribution in [2.24, 2.45) is 0 Å². The fourth-order valence-corrected chi connectivity index (χ4v) is 1.15. The molecule has 0 saturated heterocycles. The molecule has 0 spiro atoms. The number of aromatic nitrogens is 2. The third kappa shape index (κ3) is 10.5. The number of hydrogen-bond donors (Lipinski definition) is 0. The molecule has 0 saturated carbocycles. The first-order valence-electron chi connectivity index (χ1n) is 5.31. The maximum atomic E-state index is 9.28. The van der Waals surface area contributed by atoms with Crippen molar-refractivity contribution in [1.82, 2.24) is 9.97 Å². The van der Waals surface area contributed by atoms with Crippen molar-refractivity contribution in [2.75, 3.05) is 0 Å². The Labute approximate surface area is 136 Å².